The van der Waals surface area contributed by atoms with Gasteiger partial charge in [-0.15, -0.1) is 0 Å². The number of nitrogens with one attached hydrogen (secondary N) is 1. The highest BCUT2D eigenvalue weighted by Crippen LogP contribution is 2.19. The number of ether oxygens (including phenoxy) is 1. The van der Waals surface area contributed by atoms with Crippen molar-refractivity contribution in [3.63, 3.8) is 0 Å². The molecule has 1 aliphatic rings. The van der Waals surface area contributed by atoms with Crippen LogP contribution in [0.3, 0.4) is 0 Å². The Morgan fingerprint density at radius 2 is 1.82 bits per heavy atom. The van der Waals surface area contributed by atoms with Gasteiger partial charge in [0.25, 0.3) is 0 Å². The number of hydrogen-bond acceptors (Lipinski definition) is 4. The number of unbranched alkanes of at least 4 members (excludes halogenated alkanes) is 1. The number of rotatable bonds is 8. The lowest BCUT2D eigenvalue weighted by atomic mass is 9.96. The summed E-state index contributed by atoms with van der Waals surface area (Å²) < 4.78 is 5.01. The number of nitrogens with zero attached hydrogens (tertiary/aromatic N) is 1. The molecule has 1 fully saturated rings. The van der Waals surface area contributed by atoms with E-state index in [1.54, 1.807) is 11.8 Å². The van der Waals surface area contributed by atoms with Crippen LogP contribution in [-0.4, -0.2) is 48.9 Å². The quantitative estimate of drug-likeness (QED) is 0.544. The highest BCUT2D eigenvalue weighted by atomic mass is 16.5. The van der Waals surface area contributed by atoms with Crippen molar-refractivity contribution < 1.29 is 19.1 Å². The van der Waals surface area contributed by atoms with Gasteiger partial charge in [-0.2, -0.15) is 0 Å². The standard InChI is InChI=1S/C16H28N2O4/c1-3-5-10-17-14(19)6-7-15(20)18-11-8-13(9-12-18)16(21)22-4-2/h13H,3-12H2,1-2H3,(H,17,19). The molecule has 0 spiro atoms. The molecule has 6 heteroatoms. The Morgan fingerprint density at radius 1 is 1.14 bits per heavy atom. The van der Waals surface area contributed by atoms with Gasteiger partial charge < -0.3 is 15.0 Å². The molecule has 1 rings (SSSR count). The van der Waals surface area contributed by atoms with Crippen LogP contribution in [0.5, 0.6) is 0 Å². The van der Waals surface area contributed by atoms with E-state index in [4.69, 9.17) is 4.74 Å². The molecule has 0 aromatic carbocycles. The lowest BCUT2D eigenvalue weighted by molar-refractivity contribution is -0.151. The summed E-state index contributed by atoms with van der Waals surface area (Å²) in [5, 5.41) is 2.81. The first-order valence-electron chi connectivity index (χ1n) is 8.29. The summed E-state index contributed by atoms with van der Waals surface area (Å²) in [5.74, 6) is -0.331. The third kappa shape index (κ3) is 6.45. The van der Waals surface area contributed by atoms with E-state index in [9.17, 15) is 14.4 Å². The van der Waals surface area contributed by atoms with Gasteiger partial charge in [0, 0.05) is 32.5 Å². The molecule has 0 saturated carbocycles. The molecule has 2 amide bonds. The van der Waals surface area contributed by atoms with Gasteiger partial charge in [-0.25, -0.2) is 0 Å². The SMILES string of the molecule is CCCCNC(=O)CCC(=O)N1CCC(C(=O)OCC)CC1. The van der Waals surface area contributed by atoms with Crippen LogP contribution in [-0.2, 0) is 19.1 Å². The largest absolute Gasteiger partial charge is 0.466 e. The normalized spacial score (nSPS) is 15.5. The monoisotopic (exact) mass is 312 g/mol. The zero-order chi connectivity index (χ0) is 16.4. The minimum atomic E-state index is -0.162. The molecule has 1 saturated heterocycles. The summed E-state index contributed by atoms with van der Waals surface area (Å²) >= 11 is 0. The third-order valence-corrected chi connectivity index (χ3v) is 3.89. The van der Waals surface area contributed by atoms with Crippen LogP contribution in [0.15, 0.2) is 0 Å². The molecule has 1 heterocycles. The Bertz CT molecular complexity index is 376. The van der Waals surface area contributed by atoms with E-state index in [-0.39, 0.29) is 36.5 Å². The van der Waals surface area contributed by atoms with Gasteiger partial charge in [-0.1, -0.05) is 13.3 Å². The van der Waals surface area contributed by atoms with Crippen LogP contribution in [0.2, 0.25) is 0 Å². The maximum absolute atomic E-state index is 12.1. The Labute approximate surface area is 132 Å². The third-order valence-electron chi connectivity index (χ3n) is 3.89. The number of hydrogen-bond donors (Lipinski definition) is 1. The second kappa shape index (κ2) is 10.2. The molecule has 1 N–H and O–H groups in total. The van der Waals surface area contributed by atoms with Crippen molar-refractivity contribution in [3.05, 3.63) is 0 Å². The van der Waals surface area contributed by atoms with Crippen LogP contribution in [0.25, 0.3) is 0 Å². The Hall–Kier alpha value is -1.59. The van der Waals surface area contributed by atoms with E-state index in [1.165, 1.54) is 0 Å². The van der Waals surface area contributed by atoms with Crippen LogP contribution < -0.4 is 5.32 Å². The summed E-state index contributed by atoms with van der Waals surface area (Å²) in [5.41, 5.74) is 0. The molecular weight excluding hydrogens is 284 g/mol. The van der Waals surface area contributed by atoms with Crippen molar-refractivity contribution in [1.29, 1.82) is 0 Å². The minimum Gasteiger partial charge on any atom is -0.466 e. The van der Waals surface area contributed by atoms with E-state index in [0.717, 1.165) is 12.8 Å². The topological polar surface area (TPSA) is 75.7 Å². The fraction of sp³-hybridized carbons (Fsp3) is 0.812. The van der Waals surface area contributed by atoms with Crippen LogP contribution in [0.4, 0.5) is 0 Å². The first-order valence-corrected chi connectivity index (χ1v) is 8.29. The van der Waals surface area contributed by atoms with Gasteiger partial charge in [0.1, 0.15) is 0 Å². The van der Waals surface area contributed by atoms with Crippen LogP contribution >= 0.6 is 0 Å². The molecule has 0 atom stereocenters. The molecule has 1 aliphatic heterocycles. The van der Waals surface area contributed by atoms with Crippen molar-refractivity contribution in [3.8, 4) is 0 Å². The van der Waals surface area contributed by atoms with E-state index >= 15 is 0 Å². The van der Waals surface area contributed by atoms with E-state index in [1.807, 2.05) is 0 Å². The lowest BCUT2D eigenvalue weighted by Crippen LogP contribution is -2.41. The molecule has 0 radical (unpaired) electrons. The average Bonchev–Trinajstić information content (AvgIpc) is 2.53. The summed E-state index contributed by atoms with van der Waals surface area (Å²) in [4.78, 5) is 37.0. The number of piperidine rings is 1. The van der Waals surface area contributed by atoms with E-state index in [2.05, 4.69) is 12.2 Å². The molecule has 0 aromatic heterocycles. The summed E-state index contributed by atoms with van der Waals surface area (Å²) in [6.45, 7) is 6.07. The van der Waals surface area contributed by atoms with Crippen molar-refractivity contribution in [2.75, 3.05) is 26.2 Å². The fourth-order valence-electron chi connectivity index (χ4n) is 2.50. The summed E-state index contributed by atoms with van der Waals surface area (Å²) in [6, 6.07) is 0. The second-order valence-electron chi connectivity index (χ2n) is 5.61. The van der Waals surface area contributed by atoms with Gasteiger partial charge in [0.15, 0.2) is 0 Å². The van der Waals surface area contributed by atoms with Crippen LogP contribution in [0, 0.1) is 5.92 Å². The Kier molecular flexibility index (Phi) is 8.55. The minimum absolute atomic E-state index is 0.00653. The maximum atomic E-state index is 12.1. The molecule has 0 unspecified atom stereocenters. The van der Waals surface area contributed by atoms with Crippen molar-refractivity contribution in [2.24, 2.45) is 5.92 Å². The molecule has 0 bridgehead atoms. The first-order chi connectivity index (χ1) is 10.6. The van der Waals surface area contributed by atoms with Gasteiger partial charge in [0.05, 0.1) is 12.5 Å². The summed E-state index contributed by atoms with van der Waals surface area (Å²) in [7, 11) is 0. The van der Waals surface area contributed by atoms with Gasteiger partial charge in [-0.05, 0) is 26.2 Å². The first kappa shape index (κ1) is 18.5. The number of carbonyl (C=O) groups excluding carboxylic acids is 3. The van der Waals surface area contributed by atoms with E-state index < -0.39 is 0 Å². The highest BCUT2D eigenvalue weighted by molar-refractivity contribution is 5.84. The lowest BCUT2D eigenvalue weighted by Gasteiger charge is -2.30. The molecular formula is C16H28N2O4. The molecule has 0 aliphatic carbocycles. The predicted octanol–water partition coefficient (Wildman–Crippen LogP) is 1.48. The smallest absolute Gasteiger partial charge is 0.309 e. The highest BCUT2D eigenvalue weighted by Gasteiger charge is 2.28. The zero-order valence-electron chi connectivity index (χ0n) is 13.7. The van der Waals surface area contributed by atoms with Crippen molar-refractivity contribution in [1.82, 2.24) is 10.2 Å². The number of likely N-dealkylation sites (tertiary alicyclic amines) is 1. The van der Waals surface area contributed by atoms with Gasteiger partial charge in [-0.3, -0.25) is 14.4 Å². The fourth-order valence-corrected chi connectivity index (χ4v) is 2.50. The molecule has 22 heavy (non-hydrogen) atoms. The maximum Gasteiger partial charge on any atom is 0.309 e. The Balaban J connectivity index is 2.22. The molecule has 6 nitrogen and oxygen atoms in total. The van der Waals surface area contributed by atoms with Gasteiger partial charge >= 0.3 is 5.97 Å². The number of amides is 2. The summed E-state index contributed by atoms with van der Waals surface area (Å²) in [6.07, 6.45) is 3.76. The predicted molar refractivity (Wildman–Crippen MR) is 83.1 cm³/mol. The average molecular weight is 312 g/mol. The second-order valence-corrected chi connectivity index (χ2v) is 5.61. The van der Waals surface area contributed by atoms with Crippen LogP contribution in [0.1, 0.15) is 52.4 Å². The van der Waals surface area contributed by atoms with E-state index in [0.29, 0.717) is 39.1 Å². The molecule has 126 valence electrons. The van der Waals surface area contributed by atoms with Crippen molar-refractivity contribution >= 4 is 17.8 Å². The zero-order valence-corrected chi connectivity index (χ0v) is 13.7. The number of carbonyl (C=O) groups is 3. The van der Waals surface area contributed by atoms with Gasteiger partial charge in [0.2, 0.25) is 11.8 Å². The molecule has 0 aromatic rings. The number of esters is 1. The van der Waals surface area contributed by atoms with Crippen molar-refractivity contribution in [2.45, 2.75) is 52.4 Å². The Morgan fingerprint density at radius 3 is 2.41 bits per heavy atom.